The maximum atomic E-state index is 9.78. The lowest BCUT2D eigenvalue weighted by atomic mass is 9.82. The van der Waals surface area contributed by atoms with Gasteiger partial charge in [-0.25, -0.2) is 0 Å². The van der Waals surface area contributed by atoms with E-state index in [1.807, 2.05) is 18.2 Å². The minimum atomic E-state index is 0.0616. The summed E-state index contributed by atoms with van der Waals surface area (Å²) in [7, 11) is 0. The molecule has 0 radical (unpaired) electrons. The van der Waals surface area contributed by atoms with E-state index < -0.39 is 0 Å². The van der Waals surface area contributed by atoms with Crippen LogP contribution in [0, 0.1) is 0 Å². The number of anilines is 1. The molecule has 0 saturated heterocycles. The standard InChI is InChI=1S/C25H21BrN2O/c1-16-25(27-23-15-14-20-21(26)8-5-9-22(20)28(16)23)24(17-6-3-2-4-7-17)18-10-12-19(29)13-11-18/h2-16,24-25,29H,1H3/t16-,24?,25-/m0/s1. The van der Waals surface area contributed by atoms with Gasteiger partial charge in [0.2, 0.25) is 0 Å². The molecule has 5 rings (SSSR count). The molecule has 1 unspecified atom stereocenters. The van der Waals surface area contributed by atoms with Crippen molar-refractivity contribution in [1.29, 1.82) is 0 Å². The third-order valence-corrected chi connectivity index (χ3v) is 6.56. The fourth-order valence-corrected chi connectivity index (χ4v) is 4.98. The first-order valence-electron chi connectivity index (χ1n) is 9.81. The third kappa shape index (κ3) is 3.08. The predicted octanol–water partition coefficient (Wildman–Crippen LogP) is 5.99. The number of aliphatic imine (C=N–C) groups is 1. The number of phenolic OH excluding ortho intramolecular Hbond substituents is 1. The molecule has 1 N–H and O–H groups in total. The average Bonchev–Trinajstić information content (AvgIpc) is 3.07. The minimum absolute atomic E-state index is 0.0616. The van der Waals surface area contributed by atoms with E-state index in [0.29, 0.717) is 0 Å². The van der Waals surface area contributed by atoms with Crippen LogP contribution in [0.25, 0.3) is 6.08 Å². The quantitative estimate of drug-likeness (QED) is 0.538. The minimum Gasteiger partial charge on any atom is -0.508 e. The Labute approximate surface area is 179 Å². The number of halogens is 1. The van der Waals surface area contributed by atoms with Gasteiger partial charge in [-0.15, -0.1) is 0 Å². The van der Waals surface area contributed by atoms with E-state index in [2.05, 4.69) is 82.4 Å². The van der Waals surface area contributed by atoms with Gasteiger partial charge < -0.3 is 10.0 Å². The Bertz CT molecular complexity index is 1110. The molecule has 2 heterocycles. The van der Waals surface area contributed by atoms with Crippen molar-refractivity contribution >= 4 is 33.5 Å². The van der Waals surface area contributed by atoms with E-state index in [1.165, 1.54) is 16.8 Å². The van der Waals surface area contributed by atoms with E-state index in [1.54, 1.807) is 12.1 Å². The van der Waals surface area contributed by atoms with Gasteiger partial charge in [0.25, 0.3) is 0 Å². The zero-order valence-corrected chi connectivity index (χ0v) is 17.6. The lowest BCUT2D eigenvalue weighted by Gasteiger charge is -2.33. The van der Waals surface area contributed by atoms with Gasteiger partial charge >= 0.3 is 0 Å². The molecule has 4 heteroatoms. The van der Waals surface area contributed by atoms with Crippen molar-refractivity contribution in [1.82, 2.24) is 0 Å². The molecule has 144 valence electrons. The molecule has 2 aliphatic rings. The average molecular weight is 445 g/mol. The Kier molecular flexibility index (Phi) is 4.51. The van der Waals surface area contributed by atoms with E-state index in [0.717, 1.165) is 15.9 Å². The molecule has 0 amide bonds. The van der Waals surface area contributed by atoms with Crippen LogP contribution in [0.5, 0.6) is 5.75 Å². The number of phenols is 1. The molecule has 0 saturated carbocycles. The lowest BCUT2D eigenvalue weighted by molar-refractivity contribution is 0.474. The van der Waals surface area contributed by atoms with Crippen molar-refractivity contribution < 1.29 is 5.11 Å². The molecule has 3 atom stereocenters. The lowest BCUT2D eigenvalue weighted by Crippen LogP contribution is -2.40. The highest BCUT2D eigenvalue weighted by atomic mass is 79.9. The summed E-state index contributed by atoms with van der Waals surface area (Å²) >= 11 is 3.68. The topological polar surface area (TPSA) is 35.8 Å². The molecule has 0 aliphatic carbocycles. The van der Waals surface area contributed by atoms with E-state index in [4.69, 9.17) is 4.99 Å². The summed E-state index contributed by atoms with van der Waals surface area (Å²) in [6.07, 6.45) is 4.25. The van der Waals surface area contributed by atoms with Crippen LogP contribution < -0.4 is 4.90 Å². The number of rotatable bonds is 3. The second kappa shape index (κ2) is 7.20. The van der Waals surface area contributed by atoms with E-state index in [9.17, 15) is 5.11 Å². The van der Waals surface area contributed by atoms with Crippen LogP contribution in [0.4, 0.5) is 5.69 Å². The number of aromatic hydroxyl groups is 1. The molecular formula is C25H21BrN2O. The molecule has 0 bridgehead atoms. The highest BCUT2D eigenvalue weighted by Gasteiger charge is 2.40. The number of nitrogens with zero attached hydrogens (tertiary/aromatic N) is 2. The van der Waals surface area contributed by atoms with Crippen LogP contribution in [-0.2, 0) is 0 Å². The summed E-state index contributed by atoms with van der Waals surface area (Å²) in [5, 5.41) is 9.78. The van der Waals surface area contributed by atoms with Gasteiger partial charge in [-0.1, -0.05) is 64.5 Å². The number of fused-ring (bicyclic) bond motifs is 3. The number of hydrogen-bond acceptors (Lipinski definition) is 3. The van der Waals surface area contributed by atoms with Crippen LogP contribution in [0.15, 0.2) is 88.3 Å². The number of benzene rings is 3. The van der Waals surface area contributed by atoms with Crippen LogP contribution in [0.3, 0.4) is 0 Å². The number of hydrogen-bond donors (Lipinski definition) is 1. The summed E-state index contributed by atoms with van der Waals surface area (Å²) in [5.41, 5.74) is 4.78. The van der Waals surface area contributed by atoms with Crippen molar-refractivity contribution in [3.8, 4) is 5.75 Å². The summed E-state index contributed by atoms with van der Waals surface area (Å²) in [5.74, 6) is 1.40. The number of amidine groups is 1. The van der Waals surface area contributed by atoms with Crippen molar-refractivity contribution in [2.75, 3.05) is 4.90 Å². The molecule has 0 spiro atoms. The normalized spacial score (nSPS) is 20.8. The smallest absolute Gasteiger partial charge is 0.128 e. The Morgan fingerprint density at radius 1 is 0.897 bits per heavy atom. The predicted molar refractivity (Wildman–Crippen MR) is 123 cm³/mol. The fourth-order valence-electron chi connectivity index (χ4n) is 4.49. The van der Waals surface area contributed by atoms with Gasteiger partial charge in [0.05, 0.1) is 17.8 Å². The molecule has 3 aromatic rings. The second-order valence-electron chi connectivity index (χ2n) is 7.57. The Balaban J connectivity index is 1.61. The fraction of sp³-hybridized carbons (Fsp3) is 0.160. The van der Waals surface area contributed by atoms with Gasteiger partial charge in [-0.05, 0) is 54.5 Å². The zero-order chi connectivity index (χ0) is 20.0. The van der Waals surface area contributed by atoms with Gasteiger partial charge in [0.1, 0.15) is 11.6 Å². The van der Waals surface area contributed by atoms with Gasteiger partial charge in [0, 0.05) is 16.0 Å². The van der Waals surface area contributed by atoms with Crippen LogP contribution in [0.1, 0.15) is 29.5 Å². The van der Waals surface area contributed by atoms with Crippen LogP contribution >= 0.6 is 15.9 Å². The highest BCUT2D eigenvalue weighted by molar-refractivity contribution is 9.10. The zero-order valence-electron chi connectivity index (χ0n) is 16.0. The van der Waals surface area contributed by atoms with Crippen molar-refractivity contribution in [3.05, 3.63) is 100 Å². The molecule has 2 aliphatic heterocycles. The Morgan fingerprint density at radius 3 is 2.38 bits per heavy atom. The second-order valence-corrected chi connectivity index (χ2v) is 8.43. The first-order valence-corrected chi connectivity index (χ1v) is 10.6. The van der Waals surface area contributed by atoms with Crippen molar-refractivity contribution in [2.45, 2.75) is 24.9 Å². The monoisotopic (exact) mass is 444 g/mol. The summed E-state index contributed by atoms with van der Waals surface area (Å²) in [4.78, 5) is 7.52. The van der Waals surface area contributed by atoms with E-state index in [-0.39, 0.29) is 23.8 Å². The largest absolute Gasteiger partial charge is 0.508 e. The van der Waals surface area contributed by atoms with Crippen molar-refractivity contribution in [2.24, 2.45) is 4.99 Å². The summed E-state index contributed by atoms with van der Waals surface area (Å²) < 4.78 is 1.10. The molecule has 29 heavy (non-hydrogen) atoms. The third-order valence-electron chi connectivity index (χ3n) is 5.87. The molecule has 0 aromatic heterocycles. The van der Waals surface area contributed by atoms with Crippen LogP contribution in [-0.4, -0.2) is 23.0 Å². The SMILES string of the molecule is C[C@H]1[C@@H](C(c2ccccc2)c2ccc(O)cc2)N=C2C=Cc3c(Br)cccc3N21. The Morgan fingerprint density at radius 2 is 1.62 bits per heavy atom. The maximum absolute atomic E-state index is 9.78. The van der Waals surface area contributed by atoms with E-state index >= 15 is 0 Å². The van der Waals surface area contributed by atoms with Gasteiger partial charge in [-0.3, -0.25) is 4.99 Å². The molecule has 0 fully saturated rings. The molecule has 3 aromatic carbocycles. The maximum Gasteiger partial charge on any atom is 0.128 e. The summed E-state index contributed by atoms with van der Waals surface area (Å²) in [6, 6.07) is 24.7. The van der Waals surface area contributed by atoms with Crippen LogP contribution in [0.2, 0.25) is 0 Å². The summed E-state index contributed by atoms with van der Waals surface area (Å²) in [6.45, 7) is 2.25. The first kappa shape index (κ1) is 18.2. The van der Waals surface area contributed by atoms with Gasteiger partial charge in [0.15, 0.2) is 0 Å². The Hall–Kier alpha value is -2.85. The molecular weight excluding hydrogens is 424 g/mol. The first-order chi connectivity index (χ1) is 14.1. The highest BCUT2D eigenvalue weighted by Crippen LogP contribution is 2.42. The van der Waals surface area contributed by atoms with Gasteiger partial charge in [-0.2, -0.15) is 0 Å². The van der Waals surface area contributed by atoms with Crippen molar-refractivity contribution in [3.63, 3.8) is 0 Å². The molecule has 3 nitrogen and oxygen atoms in total.